The molecule has 478 valence electrons. The first-order chi connectivity index (χ1) is 43.2. The number of aromatic hydroxyl groups is 1. The second kappa shape index (κ2) is 31.9. The molecule has 0 bridgehead atoms. The molecule has 6 aromatic carbocycles. The van der Waals surface area contributed by atoms with Crippen molar-refractivity contribution in [1.82, 2.24) is 5.32 Å². The number of aryl methyl sites for hydroxylation is 6. The maximum absolute atomic E-state index is 12.7. The van der Waals surface area contributed by atoms with Gasteiger partial charge in [0.05, 0.1) is 38.0 Å². The van der Waals surface area contributed by atoms with Gasteiger partial charge in [0.1, 0.15) is 23.3 Å². The Morgan fingerprint density at radius 1 is 0.527 bits per heavy atom. The first-order valence-electron chi connectivity index (χ1n) is 29.9. The van der Waals surface area contributed by atoms with E-state index in [-0.39, 0.29) is 64.5 Å². The molecule has 5 aliphatic rings. The number of ether oxygens (including phenoxy) is 3. The standard InChI is InChI=1S/C18H23NO4.C11H12O5.C11H10O3.2C11H12O.C10H8O4/c1-5-11(3)16(18(22)23-4)19-17(21)14-9-10(2)8-13-12(14)6-7-15(13)20;1-16-8-4-2-7(3-5-10(12)13)9(6-8)11(14)15;1-6-4-8-7(2-3-10(8)12)9(5-6)11(13)14;1-7-5-8(2)9-3-4-11(12)10(9)6-7;1-12-11-7-6-9-4-2-3-5-10(9)8-11;11-5-3-7-6(1-2-9(7)12)8(4-5)10(13)14/h8-9,11,16H,5-7H2,1-4H3,(H,19,21);2,4,6H,3,5H2,1H3,(H,12,13)(H,14,15);4-5H,2-3H2,1H3,(H,13,14);5-6H,3-4H2,1-2H3;3,5-8H,2,4H2,1H3;3-4,11H,1-2H2,(H,13,14)/t11-,16-;;;;;/m0...../s1. The number of aromatic carboxylic acids is 3. The van der Waals surface area contributed by atoms with Crippen LogP contribution >= 0.6 is 0 Å². The summed E-state index contributed by atoms with van der Waals surface area (Å²) in [5.74, 6) is -3.33. The van der Waals surface area contributed by atoms with Crippen LogP contribution in [-0.2, 0) is 52.9 Å². The van der Waals surface area contributed by atoms with Gasteiger partial charge in [-0.15, -0.1) is 0 Å². The smallest absolute Gasteiger partial charge is 0.336 e. The highest BCUT2D eigenvalue weighted by molar-refractivity contribution is 6.07. The molecule has 6 N–H and O–H groups in total. The molecule has 11 rings (SSSR count). The molecule has 0 saturated carbocycles. The number of aliphatic carboxylic acids is 1. The van der Waals surface area contributed by atoms with E-state index in [4.69, 9.17) is 34.6 Å². The summed E-state index contributed by atoms with van der Waals surface area (Å²) in [6, 6.07) is 23.8. The van der Waals surface area contributed by atoms with Crippen molar-refractivity contribution in [1.29, 1.82) is 0 Å². The zero-order valence-corrected chi connectivity index (χ0v) is 52.6. The molecule has 2 atom stereocenters. The maximum atomic E-state index is 12.7. The van der Waals surface area contributed by atoms with E-state index in [1.54, 1.807) is 44.4 Å². The van der Waals surface area contributed by atoms with Crippen LogP contribution in [0.1, 0.15) is 203 Å². The van der Waals surface area contributed by atoms with Crippen molar-refractivity contribution in [2.45, 2.75) is 131 Å². The molecule has 19 heteroatoms. The highest BCUT2D eigenvalue weighted by atomic mass is 16.5. The Hall–Kier alpha value is -10.0. The number of allylic oxidation sites excluding steroid dienone is 1. The summed E-state index contributed by atoms with van der Waals surface area (Å²) in [6.07, 6.45) is 12.0. The Morgan fingerprint density at radius 3 is 1.49 bits per heavy atom. The zero-order valence-electron chi connectivity index (χ0n) is 52.6. The number of ketones is 4. The molecule has 6 aromatic rings. The number of carbonyl (C=O) groups is 10. The van der Waals surface area contributed by atoms with Gasteiger partial charge in [-0.2, -0.15) is 0 Å². The predicted octanol–water partition coefficient (Wildman–Crippen LogP) is 12.0. The number of carbonyl (C=O) groups excluding carboxylic acids is 6. The van der Waals surface area contributed by atoms with Crippen molar-refractivity contribution in [3.05, 3.63) is 197 Å². The van der Waals surface area contributed by atoms with Crippen LogP contribution in [0.4, 0.5) is 0 Å². The molecule has 0 unspecified atom stereocenters. The quantitative estimate of drug-likeness (QED) is 0.0585. The number of carboxylic acid groups (broad SMARTS) is 4. The Balaban J connectivity index is 0.000000176. The van der Waals surface area contributed by atoms with E-state index < -0.39 is 35.9 Å². The van der Waals surface area contributed by atoms with E-state index in [0.717, 1.165) is 47.3 Å². The van der Waals surface area contributed by atoms with E-state index in [2.05, 4.69) is 42.6 Å². The molecule has 0 aliphatic heterocycles. The van der Waals surface area contributed by atoms with E-state index in [9.17, 15) is 53.1 Å². The van der Waals surface area contributed by atoms with Gasteiger partial charge in [0.25, 0.3) is 5.91 Å². The number of rotatable bonds is 13. The summed E-state index contributed by atoms with van der Waals surface area (Å²) in [6.45, 7) is 11.6. The number of fused-ring (bicyclic) bond motifs is 5. The summed E-state index contributed by atoms with van der Waals surface area (Å²) in [4.78, 5) is 114. The van der Waals surface area contributed by atoms with Gasteiger partial charge in [-0.3, -0.25) is 28.8 Å². The number of hydrogen-bond acceptors (Lipinski definition) is 14. The van der Waals surface area contributed by atoms with Crippen LogP contribution in [0.15, 0.2) is 91.0 Å². The molecule has 0 aromatic heterocycles. The van der Waals surface area contributed by atoms with Crippen LogP contribution in [0.25, 0.3) is 6.08 Å². The van der Waals surface area contributed by atoms with Crippen molar-refractivity contribution in [2.24, 2.45) is 5.92 Å². The van der Waals surface area contributed by atoms with E-state index in [1.165, 1.54) is 66.7 Å². The van der Waals surface area contributed by atoms with E-state index >= 15 is 0 Å². The SMILES string of the molecule is CC[C@H](C)[C@H](NC(=O)c1cc(C)cc2c1CCC2=O)C(=O)OC.COc1ccc(CCC(=O)O)c(C(=O)O)c1.COc1ccc2c(c1)C=CCC2.Cc1cc(C(=O)O)c2c(c1)C(=O)CC2.Cc1cc(C)c2c(c1)C(=O)CC2.O=C(O)c1cc(O)cc2c1CCC2=O. The monoisotopic (exact) mass is 1240 g/mol. The van der Waals surface area contributed by atoms with Gasteiger partial charge in [0, 0.05) is 59.9 Å². The highest BCUT2D eigenvalue weighted by Crippen LogP contribution is 2.32. The third-order valence-corrected chi connectivity index (χ3v) is 16.3. The van der Waals surface area contributed by atoms with Gasteiger partial charge in [-0.05, 0) is 201 Å². The molecule has 1 amide bonds. The number of carboxylic acids is 4. The Bertz CT molecular complexity index is 3790. The number of amides is 1. The van der Waals surface area contributed by atoms with Crippen LogP contribution in [0.5, 0.6) is 17.2 Å². The molecule has 0 heterocycles. The number of esters is 1. The third kappa shape index (κ3) is 18.1. The number of benzene rings is 6. The average Bonchev–Trinajstić information content (AvgIpc) is 1.77. The summed E-state index contributed by atoms with van der Waals surface area (Å²) >= 11 is 0. The molecule has 0 saturated heterocycles. The predicted molar refractivity (Wildman–Crippen MR) is 340 cm³/mol. The average molecular weight is 1240 g/mol. The van der Waals surface area contributed by atoms with Gasteiger partial charge >= 0.3 is 29.8 Å². The van der Waals surface area contributed by atoms with E-state index in [0.29, 0.717) is 95.4 Å². The third-order valence-electron chi connectivity index (χ3n) is 16.3. The molecular weight excluding hydrogens is 1170 g/mol. The molecule has 0 spiro atoms. The fourth-order valence-electron chi connectivity index (χ4n) is 11.4. The van der Waals surface area contributed by atoms with Crippen LogP contribution in [0.3, 0.4) is 0 Å². The van der Waals surface area contributed by atoms with Gasteiger partial charge in [-0.1, -0.05) is 56.2 Å². The lowest BCUT2D eigenvalue weighted by Gasteiger charge is -2.22. The van der Waals surface area contributed by atoms with Gasteiger partial charge < -0.3 is 45.1 Å². The molecule has 0 radical (unpaired) electrons. The Kier molecular flexibility index (Phi) is 24.6. The highest BCUT2D eigenvalue weighted by Gasteiger charge is 2.32. The van der Waals surface area contributed by atoms with Gasteiger partial charge in [0.15, 0.2) is 23.1 Å². The van der Waals surface area contributed by atoms with Crippen molar-refractivity contribution in [3.63, 3.8) is 0 Å². The van der Waals surface area contributed by atoms with Crippen LogP contribution < -0.4 is 14.8 Å². The molecule has 0 fully saturated rings. The Morgan fingerprint density at radius 2 is 0.989 bits per heavy atom. The normalized spacial score (nSPS) is 13.9. The first-order valence-corrected chi connectivity index (χ1v) is 29.9. The number of phenols is 1. The maximum Gasteiger partial charge on any atom is 0.336 e. The minimum atomic E-state index is -1.10. The minimum absolute atomic E-state index is 0.0332. The van der Waals surface area contributed by atoms with E-state index in [1.807, 2.05) is 45.9 Å². The summed E-state index contributed by atoms with van der Waals surface area (Å²) < 4.78 is 14.9. The molecule has 19 nitrogen and oxygen atoms in total. The van der Waals surface area contributed by atoms with Gasteiger partial charge in [-0.25, -0.2) is 19.2 Å². The fourth-order valence-corrected chi connectivity index (χ4v) is 11.4. The summed E-state index contributed by atoms with van der Waals surface area (Å²) in [7, 11) is 4.46. The number of hydrogen-bond donors (Lipinski definition) is 6. The van der Waals surface area contributed by atoms with Crippen molar-refractivity contribution in [3.8, 4) is 17.2 Å². The summed E-state index contributed by atoms with van der Waals surface area (Å²) in [5.41, 5.74) is 14.1. The Labute approximate surface area is 528 Å². The molecule has 5 aliphatic carbocycles. The summed E-state index contributed by atoms with van der Waals surface area (Å²) in [5, 5.41) is 47.3. The van der Waals surface area contributed by atoms with Crippen LogP contribution in [0.2, 0.25) is 0 Å². The lowest BCUT2D eigenvalue weighted by Crippen LogP contribution is -2.45. The van der Waals surface area contributed by atoms with Crippen LogP contribution in [0, 0.1) is 33.6 Å². The van der Waals surface area contributed by atoms with Crippen molar-refractivity contribution >= 4 is 65.0 Å². The molecular formula is C72H77NO18. The topological polar surface area (TPSA) is 312 Å². The van der Waals surface area contributed by atoms with Crippen molar-refractivity contribution in [2.75, 3.05) is 21.3 Å². The second-order valence-electron chi connectivity index (χ2n) is 22.7. The second-order valence-corrected chi connectivity index (χ2v) is 22.7. The molecule has 91 heavy (non-hydrogen) atoms. The fraction of sp³-hybridized carbons (Fsp3) is 0.333. The zero-order chi connectivity index (χ0) is 67.0. The number of methoxy groups -OCH3 is 3. The van der Waals surface area contributed by atoms with Crippen LogP contribution in [-0.4, -0.2) is 112 Å². The lowest BCUT2D eigenvalue weighted by atomic mass is 9.96. The minimum Gasteiger partial charge on any atom is -0.508 e. The first kappa shape index (κ1) is 70.1. The number of Topliss-reactive ketones (excluding diaryl/α,β-unsaturated/α-hetero) is 4. The van der Waals surface area contributed by atoms with Crippen molar-refractivity contribution < 1.29 is 87.7 Å². The number of phenolic OH excluding ortho intramolecular Hbond substituents is 1. The lowest BCUT2D eigenvalue weighted by molar-refractivity contribution is -0.144. The largest absolute Gasteiger partial charge is 0.508 e. The number of nitrogens with one attached hydrogen (secondary N) is 1. The van der Waals surface area contributed by atoms with Gasteiger partial charge in [0.2, 0.25) is 0 Å².